The molecule has 2 aromatic carbocycles. The fraction of sp³-hybridized carbons (Fsp3) is 0.130. The number of hydrogen-bond acceptors (Lipinski definition) is 7. The van der Waals surface area contributed by atoms with Crippen LogP contribution in [0.15, 0.2) is 89.2 Å². The number of nitrogens with zero attached hydrogens (tertiary/aromatic N) is 5. The molecular weight excluding hydrogens is 472 g/mol. The third kappa shape index (κ3) is 5.10. The summed E-state index contributed by atoms with van der Waals surface area (Å²) >= 11 is 1.23. The molecule has 1 N–H and O–H groups in total. The summed E-state index contributed by atoms with van der Waals surface area (Å²) in [5, 5.41) is 11.7. The van der Waals surface area contributed by atoms with Gasteiger partial charge in [-0.2, -0.15) is 0 Å². The molecule has 0 saturated heterocycles. The molecule has 174 valence electrons. The summed E-state index contributed by atoms with van der Waals surface area (Å²) in [6.07, 6.45) is 3.38. The van der Waals surface area contributed by atoms with Crippen molar-refractivity contribution < 1.29 is 13.2 Å². The van der Waals surface area contributed by atoms with Gasteiger partial charge in [-0.3, -0.25) is 14.1 Å². The van der Waals surface area contributed by atoms with E-state index in [0.29, 0.717) is 22.4 Å². The minimum atomic E-state index is -3.78. The Morgan fingerprint density at radius 2 is 1.85 bits per heavy atom. The van der Waals surface area contributed by atoms with Crippen LogP contribution < -0.4 is 9.62 Å². The lowest BCUT2D eigenvalue weighted by atomic mass is 10.3. The zero-order chi connectivity index (χ0) is 24.1. The van der Waals surface area contributed by atoms with E-state index < -0.39 is 10.0 Å². The van der Waals surface area contributed by atoms with Crippen LogP contribution in [-0.4, -0.2) is 46.9 Å². The number of thioether (sulfide) groups is 1. The van der Waals surface area contributed by atoms with E-state index in [0.717, 1.165) is 5.56 Å². The molecule has 2 aromatic heterocycles. The number of para-hydroxylation sites is 1. The van der Waals surface area contributed by atoms with Crippen molar-refractivity contribution in [1.82, 2.24) is 19.7 Å². The third-order valence-electron chi connectivity index (χ3n) is 4.98. The third-order valence-corrected chi connectivity index (χ3v) is 7.78. The molecule has 0 bridgehead atoms. The van der Waals surface area contributed by atoms with Crippen LogP contribution in [0.3, 0.4) is 0 Å². The molecule has 11 heteroatoms. The monoisotopic (exact) mass is 494 g/mol. The van der Waals surface area contributed by atoms with E-state index >= 15 is 0 Å². The zero-order valence-electron chi connectivity index (χ0n) is 18.5. The van der Waals surface area contributed by atoms with Crippen molar-refractivity contribution in [2.24, 2.45) is 7.05 Å². The predicted molar refractivity (Wildman–Crippen MR) is 132 cm³/mol. The van der Waals surface area contributed by atoms with E-state index in [1.165, 1.54) is 35.2 Å². The summed E-state index contributed by atoms with van der Waals surface area (Å²) in [5.41, 5.74) is 1.76. The second-order valence-corrected chi connectivity index (χ2v) is 10.2. The number of anilines is 2. The highest BCUT2D eigenvalue weighted by Gasteiger charge is 2.22. The number of rotatable bonds is 8. The number of amides is 1. The largest absolute Gasteiger partial charge is 0.325 e. The van der Waals surface area contributed by atoms with E-state index in [2.05, 4.69) is 20.5 Å². The molecule has 9 nitrogen and oxygen atoms in total. The average Bonchev–Trinajstić information content (AvgIpc) is 3.23. The molecule has 2 heterocycles. The number of sulfonamides is 1. The quantitative estimate of drug-likeness (QED) is 0.374. The summed E-state index contributed by atoms with van der Waals surface area (Å²) in [6, 6.07) is 18.7. The average molecular weight is 495 g/mol. The Balaban J connectivity index is 1.42. The van der Waals surface area contributed by atoms with Crippen LogP contribution in [0.25, 0.3) is 11.4 Å². The number of aromatic nitrogens is 4. The number of benzene rings is 2. The lowest BCUT2D eigenvalue weighted by molar-refractivity contribution is -0.113. The van der Waals surface area contributed by atoms with Gasteiger partial charge in [0.2, 0.25) is 5.91 Å². The summed E-state index contributed by atoms with van der Waals surface area (Å²) in [7, 11) is -0.472. The van der Waals surface area contributed by atoms with Gasteiger partial charge in [0.15, 0.2) is 11.0 Å². The van der Waals surface area contributed by atoms with Crippen molar-refractivity contribution in [3.63, 3.8) is 0 Å². The predicted octanol–water partition coefficient (Wildman–Crippen LogP) is 3.43. The van der Waals surface area contributed by atoms with Crippen molar-refractivity contribution in [3.05, 3.63) is 79.1 Å². The van der Waals surface area contributed by atoms with Gasteiger partial charge in [0.25, 0.3) is 10.0 Å². The number of nitrogens with one attached hydrogen (secondary N) is 1. The lowest BCUT2D eigenvalue weighted by Crippen LogP contribution is -2.26. The minimum absolute atomic E-state index is 0.0821. The van der Waals surface area contributed by atoms with E-state index in [-0.39, 0.29) is 16.6 Å². The topological polar surface area (TPSA) is 110 Å². The maximum atomic E-state index is 13.0. The van der Waals surface area contributed by atoms with Gasteiger partial charge in [-0.25, -0.2) is 8.42 Å². The Bertz CT molecular complexity index is 1390. The molecular formula is C23H22N6O3S2. The van der Waals surface area contributed by atoms with Gasteiger partial charge in [-0.15, -0.1) is 10.2 Å². The molecule has 1 amide bonds. The first kappa shape index (κ1) is 23.5. The molecule has 0 atom stereocenters. The zero-order valence-corrected chi connectivity index (χ0v) is 20.1. The van der Waals surface area contributed by atoms with E-state index in [1.54, 1.807) is 53.4 Å². The molecule has 4 rings (SSSR count). The van der Waals surface area contributed by atoms with Crippen molar-refractivity contribution in [2.45, 2.75) is 10.1 Å². The number of carbonyl (C=O) groups excluding carboxylic acids is 1. The number of carbonyl (C=O) groups is 1. The van der Waals surface area contributed by atoms with Gasteiger partial charge >= 0.3 is 0 Å². The second-order valence-electron chi connectivity index (χ2n) is 7.28. The molecule has 0 aliphatic rings. The van der Waals surface area contributed by atoms with E-state index in [1.807, 2.05) is 25.2 Å². The van der Waals surface area contributed by atoms with Crippen LogP contribution in [0.1, 0.15) is 0 Å². The van der Waals surface area contributed by atoms with Gasteiger partial charge < -0.3 is 9.88 Å². The van der Waals surface area contributed by atoms with Crippen molar-refractivity contribution >= 4 is 39.1 Å². The molecule has 0 saturated carbocycles. The molecule has 0 aliphatic heterocycles. The fourth-order valence-corrected chi connectivity index (χ4v) is 5.14. The molecule has 0 aliphatic carbocycles. The maximum Gasteiger partial charge on any atom is 0.264 e. The highest BCUT2D eigenvalue weighted by atomic mass is 32.2. The standard InChI is InChI=1S/C23H22N6O3S2/c1-28-22(17-8-7-13-24-15-17)26-27-23(28)33-16-21(30)25-18-9-6-12-20(14-18)34(31,32)29(2)19-10-4-3-5-11-19/h3-15H,16H2,1-2H3,(H,25,30). The Hall–Kier alpha value is -3.70. The number of hydrogen-bond donors (Lipinski definition) is 1. The van der Waals surface area contributed by atoms with Crippen LogP contribution in [0.2, 0.25) is 0 Å². The highest BCUT2D eigenvalue weighted by molar-refractivity contribution is 7.99. The van der Waals surface area contributed by atoms with Gasteiger partial charge in [0.1, 0.15) is 0 Å². The normalized spacial score (nSPS) is 11.2. The first-order chi connectivity index (χ1) is 16.4. The Morgan fingerprint density at radius 1 is 1.06 bits per heavy atom. The molecule has 0 radical (unpaired) electrons. The summed E-state index contributed by atoms with van der Waals surface area (Å²) in [4.78, 5) is 16.7. The minimum Gasteiger partial charge on any atom is -0.325 e. The maximum absolute atomic E-state index is 13.0. The van der Waals surface area contributed by atoms with Crippen molar-refractivity contribution in [3.8, 4) is 11.4 Å². The Kier molecular flexibility index (Phi) is 6.94. The second kappa shape index (κ2) is 10.1. The SMILES string of the molecule is CN(c1ccccc1)S(=O)(=O)c1cccc(NC(=O)CSc2nnc(-c3cccnc3)n2C)c1. The first-order valence-electron chi connectivity index (χ1n) is 10.2. The van der Waals surface area contributed by atoms with Crippen LogP contribution in [0.4, 0.5) is 11.4 Å². The molecule has 0 spiro atoms. The fourth-order valence-electron chi connectivity index (χ4n) is 3.18. The van der Waals surface area contributed by atoms with Crippen molar-refractivity contribution in [1.29, 1.82) is 0 Å². The molecule has 0 unspecified atom stereocenters. The molecule has 34 heavy (non-hydrogen) atoms. The lowest BCUT2D eigenvalue weighted by Gasteiger charge is -2.19. The van der Waals surface area contributed by atoms with Gasteiger partial charge in [0, 0.05) is 37.7 Å². The summed E-state index contributed by atoms with van der Waals surface area (Å²) in [6.45, 7) is 0. The van der Waals surface area contributed by atoms with Gasteiger partial charge in [-0.05, 0) is 42.5 Å². The smallest absolute Gasteiger partial charge is 0.264 e. The number of pyridine rings is 1. The highest BCUT2D eigenvalue weighted by Crippen LogP contribution is 2.25. The van der Waals surface area contributed by atoms with E-state index in [9.17, 15) is 13.2 Å². The van der Waals surface area contributed by atoms with Crippen molar-refractivity contribution in [2.75, 3.05) is 22.4 Å². The first-order valence-corrected chi connectivity index (χ1v) is 12.7. The van der Waals surface area contributed by atoms with Crippen LogP contribution >= 0.6 is 11.8 Å². The van der Waals surface area contributed by atoms with Crippen LogP contribution in [0.5, 0.6) is 0 Å². The van der Waals surface area contributed by atoms with Crippen LogP contribution in [0, 0.1) is 0 Å². The Labute approximate surface area is 201 Å². The van der Waals surface area contributed by atoms with E-state index in [4.69, 9.17) is 0 Å². The summed E-state index contributed by atoms with van der Waals surface area (Å²) in [5.74, 6) is 0.443. The molecule has 4 aromatic rings. The molecule has 0 fully saturated rings. The van der Waals surface area contributed by atoms with Crippen LogP contribution in [-0.2, 0) is 21.9 Å². The summed E-state index contributed by atoms with van der Waals surface area (Å²) < 4.78 is 29.0. The van der Waals surface area contributed by atoms with Gasteiger partial charge in [-0.1, -0.05) is 36.0 Å². The van der Waals surface area contributed by atoms with Gasteiger partial charge in [0.05, 0.1) is 16.3 Å². The Morgan fingerprint density at radius 3 is 2.59 bits per heavy atom.